The van der Waals surface area contributed by atoms with Gasteiger partial charge >= 0.3 is 12.8 Å². The van der Waals surface area contributed by atoms with Crippen molar-refractivity contribution in [3.8, 4) is 5.75 Å². The molecule has 0 spiro atoms. The molecule has 244 valence electrons. The van der Waals surface area contributed by atoms with E-state index in [0.29, 0.717) is 24.2 Å². The van der Waals surface area contributed by atoms with Crippen LogP contribution in [0.4, 0.5) is 27.6 Å². The predicted molar refractivity (Wildman–Crippen MR) is 156 cm³/mol. The quantitative estimate of drug-likeness (QED) is 0.230. The van der Waals surface area contributed by atoms with Crippen LogP contribution >= 0.6 is 0 Å². The van der Waals surface area contributed by atoms with E-state index in [9.17, 15) is 40.3 Å². The highest BCUT2D eigenvalue weighted by Crippen LogP contribution is 2.33. The number of nitrogens with one attached hydrogen (secondary N) is 1. The Morgan fingerprint density at radius 2 is 1.67 bits per heavy atom. The summed E-state index contributed by atoms with van der Waals surface area (Å²) in [4.78, 5) is 15.0. The fourth-order valence-electron chi connectivity index (χ4n) is 5.11. The number of alkyl halides is 5. The van der Waals surface area contributed by atoms with E-state index in [0.717, 1.165) is 12.1 Å². The van der Waals surface area contributed by atoms with Gasteiger partial charge in [-0.1, -0.05) is 19.1 Å². The van der Waals surface area contributed by atoms with E-state index in [1.807, 2.05) is 4.90 Å². The minimum absolute atomic E-state index is 0.0585. The van der Waals surface area contributed by atoms with Crippen molar-refractivity contribution in [2.75, 3.05) is 30.4 Å². The molecule has 0 aromatic heterocycles. The number of hydrogen-bond donors (Lipinski definition) is 2. The molecule has 4 rings (SSSR count). The second-order valence-corrected chi connectivity index (χ2v) is 12.7. The highest BCUT2D eigenvalue weighted by atomic mass is 32.2. The van der Waals surface area contributed by atoms with Gasteiger partial charge in [0.25, 0.3) is 5.91 Å². The van der Waals surface area contributed by atoms with Crippen LogP contribution in [0.15, 0.2) is 77.7 Å². The molecule has 0 aliphatic carbocycles. The lowest BCUT2D eigenvalue weighted by molar-refractivity contribution is -0.137. The number of anilines is 1. The maximum atomic E-state index is 13.0. The van der Waals surface area contributed by atoms with Crippen LogP contribution in [-0.4, -0.2) is 63.7 Å². The maximum Gasteiger partial charge on any atom is 0.416 e. The van der Waals surface area contributed by atoms with Crippen molar-refractivity contribution in [3.63, 3.8) is 0 Å². The highest BCUT2D eigenvalue weighted by molar-refractivity contribution is 7.91. The number of ether oxygens (including phenoxy) is 2. The van der Waals surface area contributed by atoms with Crippen LogP contribution < -0.4 is 15.0 Å². The SMILES string of the molecule is CCS(=O)(=O)c1ccc([C@H](CO)NC(=O)c2ccc(N3CC(Oc4ccc(C(F)(F)F)cc4)C[C@H]3CCOC(F)F)cc2)cc1. The third kappa shape index (κ3) is 8.92. The molecular weight excluding hydrogens is 623 g/mol. The number of benzene rings is 3. The minimum Gasteiger partial charge on any atom is -0.489 e. The molecular formula is C31H33F5N2O6S. The van der Waals surface area contributed by atoms with Gasteiger partial charge in [-0.2, -0.15) is 22.0 Å². The highest BCUT2D eigenvalue weighted by Gasteiger charge is 2.34. The number of aliphatic hydroxyl groups is 1. The Morgan fingerprint density at radius 3 is 2.22 bits per heavy atom. The van der Waals surface area contributed by atoms with Crippen LogP contribution in [0.5, 0.6) is 5.75 Å². The Morgan fingerprint density at radius 1 is 1.02 bits per heavy atom. The lowest BCUT2D eigenvalue weighted by Gasteiger charge is -2.26. The number of sulfone groups is 1. The fourth-order valence-corrected chi connectivity index (χ4v) is 6.00. The van der Waals surface area contributed by atoms with Gasteiger partial charge < -0.3 is 24.8 Å². The fraction of sp³-hybridized carbons (Fsp3) is 0.387. The number of halogens is 5. The van der Waals surface area contributed by atoms with Crippen molar-refractivity contribution in [1.29, 1.82) is 0 Å². The first-order valence-electron chi connectivity index (χ1n) is 14.2. The van der Waals surface area contributed by atoms with Crippen LogP contribution in [0.3, 0.4) is 0 Å². The summed E-state index contributed by atoms with van der Waals surface area (Å²) < 4.78 is 98.5. The molecule has 1 unspecified atom stereocenters. The third-order valence-electron chi connectivity index (χ3n) is 7.53. The summed E-state index contributed by atoms with van der Waals surface area (Å²) in [6.45, 7) is -1.74. The Hall–Kier alpha value is -3.75. The first-order valence-corrected chi connectivity index (χ1v) is 15.8. The summed E-state index contributed by atoms with van der Waals surface area (Å²) in [5, 5.41) is 12.6. The van der Waals surface area contributed by atoms with Crippen molar-refractivity contribution < 1.29 is 49.7 Å². The summed E-state index contributed by atoms with van der Waals surface area (Å²) >= 11 is 0. The van der Waals surface area contributed by atoms with Gasteiger partial charge in [0.1, 0.15) is 11.9 Å². The van der Waals surface area contributed by atoms with E-state index in [2.05, 4.69) is 10.1 Å². The van der Waals surface area contributed by atoms with Crippen LogP contribution in [0.25, 0.3) is 0 Å². The monoisotopic (exact) mass is 656 g/mol. The van der Waals surface area contributed by atoms with Gasteiger partial charge in [-0.15, -0.1) is 0 Å². The topological polar surface area (TPSA) is 105 Å². The molecule has 8 nitrogen and oxygen atoms in total. The normalized spacial score (nSPS) is 17.8. The average Bonchev–Trinajstić information content (AvgIpc) is 3.41. The standard InChI is InChI=1S/C31H33F5N2O6S/c1-2-45(41,42)27-13-5-20(6-14-27)28(19-39)37-29(40)21-3-9-23(10-4-21)38-18-26(17-24(38)15-16-43-30(32)33)44-25-11-7-22(8-12-25)31(34,35)36/h3-14,24,26,28,30,39H,2,15-19H2,1H3,(H,37,40)/t24-,26?,28+/m1/s1. The molecule has 2 N–H and O–H groups in total. The number of hydrogen-bond acceptors (Lipinski definition) is 7. The van der Waals surface area contributed by atoms with E-state index >= 15 is 0 Å². The number of nitrogens with zero attached hydrogens (tertiary/aromatic N) is 1. The van der Waals surface area contributed by atoms with Crippen LogP contribution in [0.1, 0.15) is 47.3 Å². The summed E-state index contributed by atoms with van der Waals surface area (Å²) in [6, 6.07) is 15.6. The van der Waals surface area contributed by atoms with E-state index < -0.39 is 52.8 Å². The molecule has 0 saturated carbocycles. The molecule has 14 heteroatoms. The van der Waals surface area contributed by atoms with Crippen molar-refractivity contribution in [3.05, 3.63) is 89.5 Å². The van der Waals surface area contributed by atoms with Gasteiger partial charge in [-0.05, 0) is 72.6 Å². The van der Waals surface area contributed by atoms with Gasteiger partial charge in [0, 0.05) is 23.7 Å². The first-order chi connectivity index (χ1) is 21.3. The van der Waals surface area contributed by atoms with E-state index in [1.54, 1.807) is 24.3 Å². The minimum atomic E-state index is -4.48. The second kappa shape index (κ2) is 14.6. The Kier molecular flexibility index (Phi) is 11.0. The predicted octanol–water partition coefficient (Wildman–Crippen LogP) is 5.62. The van der Waals surface area contributed by atoms with Crippen LogP contribution in [0.2, 0.25) is 0 Å². The second-order valence-electron chi connectivity index (χ2n) is 10.5. The summed E-state index contributed by atoms with van der Waals surface area (Å²) in [6.07, 6.45) is -4.31. The Balaban J connectivity index is 1.44. The zero-order chi connectivity index (χ0) is 32.8. The largest absolute Gasteiger partial charge is 0.489 e. The van der Waals surface area contributed by atoms with Gasteiger partial charge in [-0.25, -0.2) is 8.42 Å². The van der Waals surface area contributed by atoms with Crippen LogP contribution in [0, 0.1) is 0 Å². The van der Waals surface area contributed by atoms with Crippen molar-refractivity contribution in [2.24, 2.45) is 0 Å². The molecule has 3 atom stereocenters. The first kappa shape index (κ1) is 34.1. The number of rotatable bonds is 13. The van der Waals surface area contributed by atoms with Crippen molar-refractivity contribution >= 4 is 21.4 Å². The molecule has 0 radical (unpaired) electrons. The molecule has 1 aliphatic rings. The third-order valence-corrected chi connectivity index (χ3v) is 9.28. The Bertz CT molecular complexity index is 1520. The molecule has 1 heterocycles. The van der Waals surface area contributed by atoms with Gasteiger partial charge in [0.05, 0.1) is 42.0 Å². The van der Waals surface area contributed by atoms with Crippen molar-refractivity contribution in [2.45, 2.75) is 55.6 Å². The number of amides is 1. The summed E-state index contributed by atoms with van der Waals surface area (Å²) in [7, 11) is -3.40. The van der Waals surface area contributed by atoms with Gasteiger partial charge in [0.2, 0.25) is 0 Å². The molecule has 3 aromatic carbocycles. The Labute approximate surface area is 257 Å². The van der Waals surface area contributed by atoms with E-state index in [4.69, 9.17) is 4.74 Å². The van der Waals surface area contributed by atoms with Gasteiger partial charge in [-0.3, -0.25) is 4.79 Å². The zero-order valence-electron chi connectivity index (χ0n) is 24.2. The van der Waals surface area contributed by atoms with Crippen molar-refractivity contribution in [1.82, 2.24) is 5.32 Å². The number of carbonyl (C=O) groups is 1. The van der Waals surface area contributed by atoms with Crippen LogP contribution in [-0.2, 0) is 20.8 Å². The molecule has 1 amide bonds. The van der Waals surface area contributed by atoms with E-state index in [1.165, 1.54) is 43.3 Å². The molecule has 0 bridgehead atoms. The van der Waals surface area contributed by atoms with E-state index in [-0.39, 0.29) is 41.0 Å². The van der Waals surface area contributed by atoms with Gasteiger partial charge in [0.15, 0.2) is 9.84 Å². The molecule has 45 heavy (non-hydrogen) atoms. The maximum absolute atomic E-state index is 13.0. The number of aliphatic hydroxyl groups excluding tert-OH is 1. The smallest absolute Gasteiger partial charge is 0.416 e. The molecule has 1 fully saturated rings. The number of carbonyl (C=O) groups excluding carboxylic acids is 1. The zero-order valence-corrected chi connectivity index (χ0v) is 25.0. The summed E-state index contributed by atoms with van der Waals surface area (Å²) in [5.74, 6) is -0.307. The molecule has 1 saturated heterocycles. The average molecular weight is 657 g/mol. The summed E-state index contributed by atoms with van der Waals surface area (Å²) in [5.41, 5.74) is 0.650. The lowest BCUT2D eigenvalue weighted by Crippen LogP contribution is -2.32. The molecule has 1 aliphatic heterocycles. The lowest BCUT2D eigenvalue weighted by atomic mass is 10.1. The molecule has 3 aromatic rings.